The van der Waals surface area contributed by atoms with Crippen LogP contribution in [-0.2, 0) is 0 Å². The first-order valence-corrected chi connectivity index (χ1v) is 5.64. The first kappa shape index (κ1) is 9.40. The first-order valence-electron chi connectivity index (χ1n) is 4.49. The quantitative estimate of drug-likeness (QED) is 0.707. The van der Waals surface area contributed by atoms with E-state index in [1.54, 1.807) is 0 Å². The van der Waals surface area contributed by atoms with Crippen LogP contribution in [0.3, 0.4) is 0 Å². The monoisotopic (exact) mass is 173 g/mol. The topological polar surface area (TPSA) is 26.0 Å². The van der Waals surface area contributed by atoms with Crippen molar-refractivity contribution in [3.63, 3.8) is 0 Å². The lowest BCUT2D eigenvalue weighted by molar-refractivity contribution is 0.213. The van der Waals surface area contributed by atoms with Crippen LogP contribution in [0, 0.1) is 11.3 Å². The Bertz CT molecular complexity index is 117. The predicted molar refractivity (Wildman–Crippen MR) is 52.9 cm³/mol. The van der Waals surface area contributed by atoms with Gasteiger partial charge >= 0.3 is 0 Å². The van der Waals surface area contributed by atoms with Crippen molar-refractivity contribution in [3.8, 4) is 0 Å². The molecule has 1 saturated heterocycles. The van der Waals surface area contributed by atoms with Crippen molar-refractivity contribution in [2.24, 2.45) is 17.1 Å². The Balaban J connectivity index is 2.55. The Morgan fingerprint density at radius 2 is 2.27 bits per heavy atom. The molecule has 1 aliphatic rings. The van der Waals surface area contributed by atoms with Crippen LogP contribution in [0.25, 0.3) is 0 Å². The standard InChI is InChI=1S/C9H19NS/c1-8(2)9(3-5-10)4-6-11-7-9/h8H,3-7,10H2,1-2H3. The molecule has 1 rings (SSSR count). The molecule has 0 aliphatic carbocycles. The summed E-state index contributed by atoms with van der Waals surface area (Å²) in [5.74, 6) is 3.49. The van der Waals surface area contributed by atoms with E-state index in [2.05, 4.69) is 25.6 Å². The molecular formula is C9H19NS. The highest BCUT2D eigenvalue weighted by molar-refractivity contribution is 7.99. The molecule has 2 N–H and O–H groups in total. The van der Waals surface area contributed by atoms with Gasteiger partial charge in [-0.15, -0.1) is 0 Å². The molecule has 66 valence electrons. The number of hydrogen-bond donors (Lipinski definition) is 1. The summed E-state index contributed by atoms with van der Waals surface area (Å²) >= 11 is 2.09. The van der Waals surface area contributed by atoms with Gasteiger partial charge in [0.2, 0.25) is 0 Å². The van der Waals surface area contributed by atoms with Crippen molar-refractivity contribution >= 4 is 11.8 Å². The third-order valence-corrected chi connectivity index (χ3v) is 4.27. The Labute approximate surface area is 74.1 Å². The molecule has 1 atom stereocenters. The lowest BCUT2D eigenvalue weighted by atomic mass is 9.74. The van der Waals surface area contributed by atoms with Crippen LogP contribution >= 0.6 is 11.8 Å². The van der Waals surface area contributed by atoms with Crippen LogP contribution in [0.5, 0.6) is 0 Å². The van der Waals surface area contributed by atoms with Gasteiger partial charge in [-0.2, -0.15) is 11.8 Å². The molecule has 0 bridgehead atoms. The molecular weight excluding hydrogens is 154 g/mol. The van der Waals surface area contributed by atoms with Crippen molar-refractivity contribution in [1.82, 2.24) is 0 Å². The zero-order chi connectivity index (χ0) is 8.32. The molecule has 2 heteroatoms. The molecule has 11 heavy (non-hydrogen) atoms. The van der Waals surface area contributed by atoms with Gasteiger partial charge in [0.25, 0.3) is 0 Å². The fourth-order valence-electron chi connectivity index (χ4n) is 1.85. The second kappa shape index (κ2) is 3.81. The Morgan fingerprint density at radius 3 is 2.64 bits per heavy atom. The highest BCUT2D eigenvalue weighted by atomic mass is 32.2. The summed E-state index contributed by atoms with van der Waals surface area (Å²) in [4.78, 5) is 0. The van der Waals surface area contributed by atoms with Crippen LogP contribution in [0.4, 0.5) is 0 Å². The Hall–Kier alpha value is 0.310. The van der Waals surface area contributed by atoms with Crippen molar-refractivity contribution in [3.05, 3.63) is 0 Å². The van der Waals surface area contributed by atoms with E-state index in [0.717, 1.165) is 12.5 Å². The average molecular weight is 173 g/mol. The van der Waals surface area contributed by atoms with Crippen LogP contribution in [-0.4, -0.2) is 18.1 Å². The smallest absolute Gasteiger partial charge is 0.000758 e. The Morgan fingerprint density at radius 1 is 1.55 bits per heavy atom. The van der Waals surface area contributed by atoms with E-state index in [-0.39, 0.29) is 0 Å². The van der Waals surface area contributed by atoms with Crippen LogP contribution in [0.2, 0.25) is 0 Å². The molecule has 0 spiro atoms. The van der Waals surface area contributed by atoms with Gasteiger partial charge in [-0.05, 0) is 42.2 Å². The first-order chi connectivity index (χ1) is 5.21. The minimum atomic E-state index is 0.583. The van der Waals surface area contributed by atoms with Crippen molar-refractivity contribution in [2.75, 3.05) is 18.1 Å². The zero-order valence-corrected chi connectivity index (χ0v) is 8.41. The van der Waals surface area contributed by atoms with E-state index in [4.69, 9.17) is 5.73 Å². The van der Waals surface area contributed by atoms with Gasteiger partial charge in [-0.3, -0.25) is 0 Å². The summed E-state index contributed by atoms with van der Waals surface area (Å²) in [6, 6.07) is 0. The van der Waals surface area contributed by atoms with Gasteiger partial charge in [0, 0.05) is 0 Å². The highest BCUT2D eigenvalue weighted by Crippen LogP contribution is 2.44. The van der Waals surface area contributed by atoms with Gasteiger partial charge in [0.05, 0.1) is 0 Å². The van der Waals surface area contributed by atoms with Crippen molar-refractivity contribution < 1.29 is 0 Å². The lowest BCUT2D eigenvalue weighted by Gasteiger charge is -2.32. The third kappa shape index (κ3) is 1.91. The summed E-state index contributed by atoms with van der Waals surface area (Å²) in [5, 5.41) is 0. The van der Waals surface area contributed by atoms with E-state index in [1.807, 2.05) is 0 Å². The molecule has 0 amide bonds. The summed E-state index contributed by atoms with van der Waals surface area (Å²) in [7, 11) is 0. The molecule has 0 aromatic rings. The molecule has 1 aliphatic heterocycles. The van der Waals surface area contributed by atoms with Crippen molar-refractivity contribution in [1.29, 1.82) is 0 Å². The largest absolute Gasteiger partial charge is 0.330 e. The summed E-state index contributed by atoms with van der Waals surface area (Å²) in [5.41, 5.74) is 6.20. The van der Waals surface area contributed by atoms with Gasteiger partial charge < -0.3 is 5.73 Å². The van der Waals surface area contributed by atoms with Crippen LogP contribution in [0.1, 0.15) is 26.7 Å². The van der Waals surface area contributed by atoms with Gasteiger partial charge in [-0.25, -0.2) is 0 Å². The minimum Gasteiger partial charge on any atom is -0.330 e. The molecule has 0 aromatic heterocycles. The van der Waals surface area contributed by atoms with Crippen LogP contribution in [0.15, 0.2) is 0 Å². The van der Waals surface area contributed by atoms with E-state index < -0.39 is 0 Å². The van der Waals surface area contributed by atoms with E-state index in [1.165, 1.54) is 24.3 Å². The van der Waals surface area contributed by atoms with Gasteiger partial charge in [0.1, 0.15) is 0 Å². The van der Waals surface area contributed by atoms with Crippen molar-refractivity contribution in [2.45, 2.75) is 26.7 Å². The molecule has 1 fully saturated rings. The maximum Gasteiger partial charge on any atom is -0.000758 e. The Kier molecular flexibility index (Phi) is 3.26. The maximum absolute atomic E-state index is 5.62. The third-order valence-electron chi connectivity index (χ3n) is 3.00. The summed E-state index contributed by atoms with van der Waals surface area (Å²) in [6.45, 7) is 5.53. The molecule has 1 unspecified atom stereocenters. The number of hydrogen-bond acceptors (Lipinski definition) is 2. The minimum absolute atomic E-state index is 0.583. The fraction of sp³-hybridized carbons (Fsp3) is 1.00. The second-order valence-electron chi connectivity index (χ2n) is 3.86. The van der Waals surface area contributed by atoms with E-state index in [9.17, 15) is 0 Å². The predicted octanol–water partition coefficient (Wildman–Crippen LogP) is 2.11. The molecule has 0 saturated carbocycles. The number of rotatable bonds is 3. The fourth-order valence-corrected chi connectivity index (χ4v) is 3.58. The zero-order valence-electron chi connectivity index (χ0n) is 7.60. The van der Waals surface area contributed by atoms with Gasteiger partial charge in [-0.1, -0.05) is 13.8 Å². The molecule has 0 aromatic carbocycles. The summed E-state index contributed by atoms with van der Waals surface area (Å²) < 4.78 is 0. The second-order valence-corrected chi connectivity index (χ2v) is 4.96. The van der Waals surface area contributed by atoms with Crippen LogP contribution < -0.4 is 5.73 Å². The molecule has 0 radical (unpaired) electrons. The number of nitrogens with two attached hydrogens (primary N) is 1. The van der Waals surface area contributed by atoms with Gasteiger partial charge in [0.15, 0.2) is 0 Å². The molecule has 1 heterocycles. The number of thioether (sulfide) groups is 1. The average Bonchev–Trinajstić information content (AvgIpc) is 2.38. The molecule has 1 nitrogen and oxygen atoms in total. The normalized spacial score (nSPS) is 31.6. The lowest BCUT2D eigenvalue weighted by Crippen LogP contribution is -2.29. The SMILES string of the molecule is CC(C)C1(CCN)CCSC1. The van der Waals surface area contributed by atoms with E-state index >= 15 is 0 Å². The maximum atomic E-state index is 5.62. The summed E-state index contributed by atoms with van der Waals surface area (Å²) in [6.07, 6.45) is 2.60. The van der Waals surface area contributed by atoms with E-state index in [0.29, 0.717) is 5.41 Å². The highest BCUT2D eigenvalue weighted by Gasteiger charge is 2.36.